The lowest BCUT2D eigenvalue weighted by Gasteiger charge is -2.19. The number of ether oxygens (including phenoxy) is 2. The number of nitrogens with two attached hydrogens (primary N) is 1. The van der Waals surface area contributed by atoms with Crippen LogP contribution >= 0.6 is 7.82 Å². The highest BCUT2D eigenvalue weighted by Crippen LogP contribution is 2.43. The van der Waals surface area contributed by atoms with Crippen LogP contribution in [0.25, 0.3) is 0 Å². The average Bonchev–Trinajstić information content (AvgIpc) is 3.07. The van der Waals surface area contributed by atoms with E-state index < -0.39 is 19.9 Å². The van der Waals surface area contributed by atoms with E-state index in [1.807, 2.05) is 6.08 Å². The Morgan fingerprint density at radius 2 is 1.02 bits per heavy atom. The predicted octanol–water partition coefficient (Wildman–Crippen LogP) is 11.5. The third-order valence-electron chi connectivity index (χ3n) is 8.75. The Hall–Kier alpha value is -0.760. The van der Waals surface area contributed by atoms with Gasteiger partial charge in [-0.2, -0.15) is 0 Å². The molecule has 0 rings (SSSR count). The van der Waals surface area contributed by atoms with E-state index in [1.165, 1.54) is 154 Å². The number of hydrogen-bond donors (Lipinski definition) is 2. The zero-order chi connectivity index (χ0) is 35.2. The third-order valence-corrected chi connectivity index (χ3v) is 9.74. The third kappa shape index (κ3) is 36.5. The summed E-state index contributed by atoms with van der Waals surface area (Å²) >= 11 is 0. The Morgan fingerprint density at radius 1 is 0.604 bits per heavy atom. The molecule has 0 aromatic heterocycles. The summed E-state index contributed by atoms with van der Waals surface area (Å²) in [5.41, 5.74) is 5.35. The van der Waals surface area contributed by atoms with Gasteiger partial charge in [-0.15, -0.1) is 0 Å². The van der Waals surface area contributed by atoms with Gasteiger partial charge >= 0.3 is 13.8 Å². The first-order valence-electron chi connectivity index (χ1n) is 20.2. The molecule has 48 heavy (non-hydrogen) atoms. The highest BCUT2D eigenvalue weighted by Gasteiger charge is 2.24. The number of carbonyl (C=O) groups excluding carboxylic acids is 1. The molecule has 0 aliphatic heterocycles. The van der Waals surface area contributed by atoms with E-state index in [2.05, 4.69) is 13.8 Å². The van der Waals surface area contributed by atoms with Gasteiger partial charge in [0.15, 0.2) is 0 Å². The summed E-state index contributed by atoms with van der Waals surface area (Å²) in [5, 5.41) is 0. The van der Waals surface area contributed by atoms with Gasteiger partial charge in [-0.1, -0.05) is 180 Å². The van der Waals surface area contributed by atoms with Crippen LogP contribution < -0.4 is 5.73 Å². The van der Waals surface area contributed by atoms with Gasteiger partial charge in [-0.05, 0) is 19.3 Å². The molecule has 0 saturated carbocycles. The fraction of sp³-hybridized carbons (Fsp3) is 0.923. The first kappa shape index (κ1) is 47.2. The fourth-order valence-corrected chi connectivity index (χ4v) is 6.54. The molecule has 1 unspecified atom stereocenters. The maximum atomic E-state index is 12.5. The number of esters is 1. The van der Waals surface area contributed by atoms with E-state index in [0.717, 1.165) is 32.1 Å². The van der Waals surface area contributed by atoms with Crippen LogP contribution in [-0.2, 0) is 27.9 Å². The summed E-state index contributed by atoms with van der Waals surface area (Å²) < 4.78 is 33.2. The van der Waals surface area contributed by atoms with Crippen molar-refractivity contribution in [2.75, 3.05) is 33.0 Å². The molecule has 8 nitrogen and oxygen atoms in total. The lowest BCUT2D eigenvalue weighted by Crippen LogP contribution is -2.28. The molecule has 9 heteroatoms. The van der Waals surface area contributed by atoms with E-state index in [0.29, 0.717) is 6.61 Å². The molecule has 0 amide bonds. The standard InChI is InChI=1S/C39H78NO7P/c1-3-5-7-9-11-13-15-17-19-20-22-24-26-28-30-32-39(41)47-38(37-46-48(42,43)45-35-33-40)36-44-34-31-29-27-25-23-21-18-16-14-12-10-8-6-4-2/h30,32,38H,3-29,31,33-37,40H2,1-2H3,(H,42,43)/t38-/m1/s1. The van der Waals surface area contributed by atoms with Crippen molar-refractivity contribution in [3.05, 3.63) is 12.2 Å². The highest BCUT2D eigenvalue weighted by molar-refractivity contribution is 7.47. The highest BCUT2D eigenvalue weighted by atomic mass is 31.2. The molecule has 0 spiro atoms. The predicted molar refractivity (Wildman–Crippen MR) is 201 cm³/mol. The number of carbonyl (C=O) groups is 1. The Kier molecular flexibility index (Phi) is 36.9. The zero-order valence-electron chi connectivity index (χ0n) is 31.5. The lowest BCUT2D eigenvalue weighted by atomic mass is 10.0. The van der Waals surface area contributed by atoms with Gasteiger partial charge < -0.3 is 20.1 Å². The summed E-state index contributed by atoms with van der Waals surface area (Å²) in [4.78, 5) is 22.3. The fourth-order valence-electron chi connectivity index (χ4n) is 5.78. The van der Waals surface area contributed by atoms with Crippen molar-refractivity contribution < 1.29 is 32.8 Å². The molecule has 0 heterocycles. The normalized spacial score (nSPS) is 13.7. The summed E-state index contributed by atoms with van der Waals surface area (Å²) in [5.74, 6) is -0.506. The maximum Gasteiger partial charge on any atom is 0.472 e. The summed E-state index contributed by atoms with van der Waals surface area (Å²) in [6, 6.07) is 0. The summed E-state index contributed by atoms with van der Waals surface area (Å²) in [7, 11) is -4.28. The van der Waals surface area contributed by atoms with Gasteiger partial charge in [0.2, 0.25) is 0 Å². The van der Waals surface area contributed by atoms with Gasteiger partial charge in [-0.25, -0.2) is 9.36 Å². The number of unbranched alkanes of at least 4 members (excludes halogenated alkanes) is 26. The topological polar surface area (TPSA) is 117 Å². The number of rotatable bonds is 39. The Labute approximate surface area is 296 Å². The summed E-state index contributed by atoms with van der Waals surface area (Å²) in [6.45, 7) is 4.86. The first-order chi connectivity index (χ1) is 23.4. The van der Waals surface area contributed by atoms with E-state index >= 15 is 0 Å². The van der Waals surface area contributed by atoms with Crippen molar-refractivity contribution in [3.63, 3.8) is 0 Å². The molecular weight excluding hydrogens is 625 g/mol. The lowest BCUT2D eigenvalue weighted by molar-refractivity contribution is -0.148. The Morgan fingerprint density at radius 3 is 1.46 bits per heavy atom. The smallest absolute Gasteiger partial charge is 0.454 e. The van der Waals surface area contributed by atoms with Crippen molar-refractivity contribution in [2.24, 2.45) is 5.73 Å². The minimum Gasteiger partial charge on any atom is -0.454 e. The van der Waals surface area contributed by atoms with Crippen LogP contribution in [0.1, 0.15) is 194 Å². The van der Waals surface area contributed by atoms with Gasteiger partial charge in [0.25, 0.3) is 0 Å². The minimum absolute atomic E-state index is 0.0910. The van der Waals surface area contributed by atoms with Crippen LogP contribution in [-0.4, -0.2) is 49.9 Å². The number of phosphoric ester groups is 1. The van der Waals surface area contributed by atoms with Crippen LogP contribution in [0, 0.1) is 0 Å². The number of hydrogen-bond acceptors (Lipinski definition) is 7. The molecule has 2 atom stereocenters. The quantitative estimate of drug-likeness (QED) is 0.0281. The largest absolute Gasteiger partial charge is 0.472 e. The molecule has 0 aromatic carbocycles. The second-order valence-corrected chi connectivity index (χ2v) is 15.0. The van der Waals surface area contributed by atoms with Gasteiger partial charge in [0, 0.05) is 19.2 Å². The second kappa shape index (κ2) is 37.5. The van der Waals surface area contributed by atoms with Crippen molar-refractivity contribution in [1.82, 2.24) is 0 Å². The Bertz CT molecular complexity index is 752. The molecule has 0 bridgehead atoms. The van der Waals surface area contributed by atoms with Crippen LogP contribution in [0.15, 0.2) is 12.2 Å². The van der Waals surface area contributed by atoms with Crippen LogP contribution in [0.2, 0.25) is 0 Å². The van der Waals surface area contributed by atoms with Crippen LogP contribution in [0.5, 0.6) is 0 Å². The number of allylic oxidation sites excluding steroid dienone is 1. The minimum atomic E-state index is -4.28. The van der Waals surface area contributed by atoms with Crippen molar-refractivity contribution >= 4 is 13.8 Å². The molecule has 286 valence electrons. The van der Waals surface area contributed by atoms with Crippen molar-refractivity contribution in [2.45, 2.75) is 200 Å². The SMILES string of the molecule is CCCCCCCCCCCCCCCC=CC(=O)O[C@H](COCCCCCCCCCCCCCCCC)COP(=O)(O)OCCN. The maximum absolute atomic E-state index is 12.5. The van der Waals surface area contributed by atoms with Crippen molar-refractivity contribution in [3.8, 4) is 0 Å². The molecule has 0 aliphatic carbocycles. The zero-order valence-corrected chi connectivity index (χ0v) is 32.4. The van der Waals surface area contributed by atoms with E-state index in [-0.39, 0.29) is 26.4 Å². The monoisotopic (exact) mass is 704 g/mol. The van der Waals surface area contributed by atoms with Gasteiger partial charge in [-0.3, -0.25) is 9.05 Å². The van der Waals surface area contributed by atoms with Gasteiger partial charge in [0.1, 0.15) is 6.10 Å². The molecule has 0 aliphatic rings. The van der Waals surface area contributed by atoms with Crippen molar-refractivity contribution in [1.29, 1.82) is 0 Å². The Balaban J connectivity index is 4.09. The molecule has 3 N–H and O–H groups in total. The van der Waals surface area contributed by atoms with Crippen LogP contribution in [0.4, 0.5) is 0 Å². The molecule has 0 radical (unpaired) electrons. The first-order valence-corrected chi connectivity index (χ1v) is 21.7. The van der Waals surface area contributed by atoms with E-state index in [4.69, 9.17) is 24.3 Å². The summed E-state index contributed by atoms with van der Waals surface area (Å²) in [6.07, 6.45) is 38.4. The molecule has 0 aromatic rings. The van der Waals surface area contributed by atoms with Gasteiger partial charge in [0.05, 0.1) is 19.8 Å². The second-order valence-electron chi connectivity index (χ2n) is 13.5. The average molecular weight is 704 g/mol. The van der Waals surface area contributed by atoms with E-state index in [9.17, 15) is 14.3 Å². The molecular formula is C39H78NO7P. The van der Waals surface area contributed by atoms with E-state index in [1.54, 1.807) is 0 Å². The van der Waals surface area contributed by atoms with Crippen LogP contribution in [0.3, 0.4) is 0 Å². The number of phosphoric acid groups is 1. The molecule has 0 fully saturated rings. The molecule has 0 saturated heterocycles.